The van der Waals surface area contributed by atoms with Crippen LogP contribution in [0.2, 0.25) is 0 Å². The number of para-hydroxylation sites is 1. The Hall–Kier alpha value is -4.29. The van der Waals surface area contributed by atoms with Crippen molar-refractivity contribution < 1.29 is 34.1 Å². The summed E-state index contributed by atoms with van der Waals surface area (Å²) >= 11 is 0. The minimum absolute atomic E-state index is 0.0982. The Balaban J connectivity index is 0.000000960. The second-order valence-corrected chi connectivity index (χ2v) is 5.01. The lowest BCUT2D eigenvalue weighted by atomic mass is 10.2. The third-order valence-corrected chi connectivity index (χ3v) is 2.89. The summed E-state index contributed by atoms with van der Waals surface area (Å²) in [5, 5.41) is 24.0. The Morgan fingerprint density at radius 1 is 0.966 bits per heavy atom. The summed E-state index contributed by atoms with van der Waals surface area (Å²) in [6.07, 6.45) is 0. The van der Waals surface area contributed by atoms with Gasteiger partial charge < -0.3 is 29.6 Å². The Labute approximate surface area is 162 Å². The number of hydrogen-bond donors (Lipinski definition) is 0. The molecule has 0 atom stereocenters. The topological polar surface area (TPSA) is 184 Å². The molecule has 0 aliphatic carbocycles. The summed E-state index contributed by atoms with van der Waals surface area (Å²) in [6, 6.07) is 10.9. The summed E-state index contributed by atoms with van der Waals surface area (Å²) in [5.41, 5.74) is 0.818. The zero-order chi connectivity index (χ0) is 21.8. The number of ether oxygens (including phenoxy) is 2. The predicted molar refractivity (Wildman–Crippen MR) is 93.3 cm³/mol. The zero-order valence-corrected chi connectivity index (χ0v) is 14.9. The highest BCUT2D eigenvalue weighted by atomic mass is 16.9. The molecule has 0 aliphatic rings. The maximum atomic E-state index is 12.2. The highest BCUT2D eigenvalue weighted by Gasteiger charge is 2.15. The van der Waals surface area contributed by atoms with E-state index in [0.29, 0.717) is 11.4 Å². The van der Waals surface area contributed by atoms with Crippen molar-refractivity contribution >= 4 is 11.9 Å². The van der Waals surface area contributed by atoms with Gasteiger partial charge in [0.1, 0.15) is 24.5 Å². The molecule has 13 nitrogen and oxygen atoms in total. The van der Waals surface area contributed by atoms with Crippen LogP contribution in [0.3, 0.4) is 0 Å². The van der Waals surface area contributed by atoms with E-state index >= 15 is 0 Å². The van der Waals surface area contributed by atoms with E-state index in [1.807, 2.05) is 0 Å². The van der Waals surface area contributed by atoms with Crippen LogP contribution in [0.15, 0.2) is 42.5 Å². The molecule has 1 aromatic carbocycles. The fourth-order valence-corrected chi connectivity index (χ4v) is 1.91. The largest absolute Gasteiger partial charge is 0.455 e. The number of carbonyl (C=O) groups excluding carboxylic acids is 2. The van der Waals surface area contributed by atoms with E-state index in [1.165, 1.54) is 19.1 Å². The Morgan fingerprint density at radius 3 is 2.14 bits per heavy atom. The minimum Gasteiger partial charge on any atom is -0.455 e. The number of hydrogen-bond acceptors (Lipinski definition) is 11. The molecule has 0 fully saturated rings. The fourth-order valence-electron chi connectivity index (χ4n) is 1.91. The normalized spacial score (nSPS) is 9.41. The van der Waals surface area contributed by atoms with Crippen LogP contribution >= 0.6 is 0 Å². The molecule has 0 N–H and O–H groups in total. The molecular formula is C16H14N3O10-. The van der Waals surface area contributed by atoms with Crippen molar-refractivity contribution in [1.29, 1.82) is 0 Å². The van der Waals surface area contributed by atoms with Crippen molar-refractivity contribution in [1.82, 2.24) is 4.98 Å². The van der Waals surface area contributed by atoms with Gasteiger partial charge in [0, 0.05) is 6.92 Å². The minimum atomic E-state index is -1.75. The van der Waals surface area contributed by atoms with E-state index in [2.05, 4.69) is 9.82 Å². The lowest BCUT2D eigenvalue weighted by Gasteiger charge is -2.09. The quantitative estimate of drug-likeness (QED) is 0.282. The van der Waals surface area contributed by atoms with E-state index in [1.54, 1.807) is 30.3 Å². The van der Waals surface area contributed by atoms with Crippen molar-refractivity contribution in [2.75, 3.05) is 0 Å². The molecular weight excluding hydrogens is 394 g/mol. The highest BCUT2D eigenvalue weighted by Crippen LogP contribution is 2.19. The first-order chi connectivity index (χ1) is 13.7. The van der Waals surface area contributed by atoms with Crippen molar-refractivity contribution in [3.8, 4) is 5.75 Å². The number of pyridine rings is 1. The van der Waals surface area contributed by atoms with Gasteiger partial charge in [-0.05, 0) is 24.3 Å². The Kier molecular flexibility index (Phi) is 8.97. The standard InChI is InChI=1S/C16H14N2O7.NO3/c1-11(19)25-15-8-3-2-7-14(15)16(20)23-9-12-5-4-6-13(17-12)10-24-18(21)22;2-1(3)4/h2-8H,9-10H2,1H3;/q;-1. The van der Waals surface area contributed by atoms with E-state index in [0.717, 1.165) is 0 Å². The van der Waals surface area contributed by atoms with Crippen molar-refractivity contribution in [2.45, 2.75) is 20.1 Å². The monoisotopic (exact) mass is 408 g/mol. The average molecular weight is 408 g/mol. The molecule has 0 bridgehead atoms. The molecule has 0 unspecified atom stereocenters. The molecule has 0 amide bonds. The van der Waals surface area contributed by atoms with Crippen LogP contribution in [-0.2, 0) is 27.6 Å². The van der Waals surface area contributed by atoms with Gasteiger partial charge in [0.05, 0.1) is 16.5 Å². The molecule has 29 heavy (non-hydrogen) atoms. The van der Waals surface area contributed by atoms with E-state index in [4.69, 9.17) is 24.8 Å². The van der Waals surface area contributed by atoms with Crippen LogP contribution in [0, 0.1) is 25.4 Å². The molecule has 1 heterocycles. The zero-order valence-electron chi connectivity index (χ0n) is 14.9. The van der Waals surface area contributed by atoms with Crippen LogP contribution in [0.1, 0.15) is 28.7 Å². The van der Waals surface area contributed by atoms with Gasteiger partial charge in [-0.25, -0.2) is 4.79 Å². The van der Waals surface area contributed by atoms with Gasteiger partial charge in [0.2, 0.25) is 0 Å². The third-order valence-electron chi connectivity index (χ3n) is 2.89. The lowest BCUT2D eigenvalue weighted by Crippen LogP contribution is -2.11. The molecule has 0 radical (unpaired) electrons. The summed E-state index contributed by atoms with van der Waals surface area (Å²) < 4.78 is 10.1. The maximum absolute atomic E-state index is 12.2. The number of aromatic nitrogens is 1. The first-order valence-corrected chi connectivity index (χ1v) is 7.67. The number of rotatable bonds is 7. The molecule has 0 saturated carbocycles. The van der Waals surface area contributed by atoms with Crippen LogP contribution < -0.4 is 4.74 Å². The molecule has 0 spiro atoms. The third kappa shape index (κ3) is 9.28. The summed E-state index contributed by atoms with van der Waals surface area (Å²) in [6.45, 7) is 0.772. The van der Waals surface area contributed by atoms with Gasteiger partial charge in [0.15, 0.2) is 0 Å². The van der Waals surface area contributed by atoms with Crippen molar-refractivity contribution in [2.24, 2.45) is 0 Å². The SMILES string of the molecule is CC(=O)Oc1ccccc1C(=O)OCc1cccc(CO[N+](=O)[O-])n1.O=[N+]([O-])[O-]. The van der Waals surface area contributed by atoms with E-state index in [-0.39, 0.29) is 24.5 Å². The second-order valence-electron chi connectivity index (χ2n) is 5.01. The van der Waals surface area contributed by atoms with Crippen LogP contribution in [0.25, 0.3) is 0 Å². The van der Waals surface area contributed by atoms with E-state index in [9.17, 15) is 19.7 Å². The molecule has 2 aromatic rings. The number of nitrogens with zero attached hydrogens (tertiary/aromatic N) is 3. The predicted octanol–water partition coefficient (Wildman–Crippen LogP) is 1.83. The maximum Gasteiger partial charge on any atom is 0.342 e. The van der Waals surface area contributed by atoms with Gasteiger partial charge in [-0.2, -0.15) is 0 Å². The molecule has 0 aliphatic heterocycles. The van der Waals surface area contributed by atoms with Crippen molar-refractivity contribution in [3.05, 3.63) is 84.9 Å². The van der Waals surface area contributed by atoms with Crippen molar-refractivity contribution in [3.63, 3.8) is 0 Å². The number of carbonyl (C=O) groups is 2. The number of benzene rings is 1. The van der Waals surface area contributed by atoms with E-state index < -0.39 is 22.1 Å². The number of esters is 2. The molecule has 0 saturated heterocycles. The lowest BCUT2D eigenvalue weighted by molar-refractivity contribution is -0.763. The van der Waals surface area contributed by atoms with Gasteiger partial charge in [-0.1, -0.05) is 18.2 Å². The first kappa shape index (κ1) is 22.8. The van der Waals surface area contributed by atoms with Gasteiger partial charge in [0.25, 0.3) is 5.09 Å². The Bertz CT molecular complexity index is 883. The Morgan fingerprint density at radius 2 is 1.55 bits per heavy atom. The smallest absolute Gasteiger partial charge is 0.342 e. The van der Waals surface area contributed by atoms with Crippen LogP contribution in [-0.4, -0.2) is 27.1 Å². The van der Waals surface area contributed by atoms with Gasteiger partial charge in [-0.15, -0.1) is 10.1 Å². The summed E-state index contributed by atoms with van der Waals surface area (Å²) in [7, 11) is 0. The fraction of sp³-hybridized carbons (Fsp3) is 0.188. The second kappa shape index (κ2) is 11.4. The molecule has 154 valence electrons. The van der Waals surface area contributed by atoms with Crippen LogP contribution in [0.5, 0.6) is 5.75 Å². The summed E-state index contributed by atoms with van der Waals surface area (Å²) in [5.74, 6) is -1.15. The molecule has 1 aromatic heterocycles. The molecule has 2 rings (SSSR count). The van der Waals surface area contributed by atoms with Crippen LogP contribution in [0.4, 0.5) is 0 Å². The highest BCUT2D eigenvalue weighted by molar-refractivity contribution is 5.93. The molecule has 13 heteroatoms. The van der Waals surface area contributed by atoms with Gasteiger partial charge in [-0.3, -0.25) is 9.78 Å². The van der Waals surface area contributed by atoms with Gasteiger partial charge >= 0.3 is 11.9 Å². The first-order valence-electron chi connectivity index (χ1n) is 7.67. The summed E-state index contributed by atoms with van der Waals surface area (Å²) in [4.78, 5) is 50.0. The average Bonchev–Trinajstić information content (AvgIpc) is 2.64.